The van der Waals surface area contributed by atoms with Gasteiger partial charge in [-0.25, -0.2) is 0 Å². The fraction of sp³-hybridized carbons (Fsp3) is 0.439. The normalized spacial score (nSPS) is 14.4. The van der Waals surface area contributed by atoms with E-state index in [1.807, 2.05) is 80.6 Å². The van der Waals surface area contributed by atoms with Crippen LogP contribution in [-0.4, -0.2) is 49.7 Å². The number of nitrogens with one attached hydrogen (secondary N) is 2. The molecule has 0 aliphatic carbocycles. The molecule has 0 saturated heterocycles. The van der Waals surface area contributed by atoms with E-state index in [-0.39, 0.29) is 30.2 Å². The number of methoxy groups -OCH3 is 1. The maximum Gasteiger partial charge on any atom is 0.244 e. The van der Waals surface area contributed by atoms with Crippen molar-refractivity contribution in [3.8, 4) is 5.75 Å². The highest BCUT2D eigenvalue weighted by atomic mass is 35.5. The molecule has 0 saturated carbocycles. The van der Waals surface area contributed by atoms with E-state index in [1.54, 1.807) is 18.2 Å². The number of allylic oxidation sites excluding steroid dienone is 1. The average molecular weight is 739 g/mol. The number of hydrogen-bond donors (Lipinski definition) is 2. The van der Waals surface area contributed by atoms with Crippen LogP contribution in [0.4, 0.5) is 0 Å². The molecule has 0 aromatic heterocycles. The molecule has 0 spiro atoms. The number of carbonyl (C=O) groups is 3. The van der Waals surface area contributed by atoms with Gasteiger partial charge in [-0.2, -0.15) is 0 Å². The standard InChI is InChI=1S/C41H52Cl2N2O6/c1-28(2)23-38(41(48)49)51-22-21-33(25-30-14-7-5-8-15-30)44-40(47)36(27-31-19-20-37(50-4)35(43)26-31)45-39(46)18-12-11-13-29(3)24-34(42)32-16-9-6-10-17-32/h5-10,12,14-20,26,28-29,33-34,36,38H,11,13,21-25,27H2,1-4H3,(H,44,47)(H,45,46)(H,48,49)/p-1/b18-12+. The van der Waals surface area contributed by atoms with Crippen LogP contribution >= 0.6 is 23.2 Å². The molecule has 0 aliphatic rings. The van der Waals surface area contributed by atoms with Gasteiger partial charge < -0.3 is 30.0 Å². The van der Waals surface area contributed by atoms with Crippen LogP contribution in [0.15, 0.2) is 91.0 Å². The number of carbonyl (C=O) groups excluding carboxylic acids is 3. The van der Waals surface area contributed by atoms with Crippen LogP contribution in [0.5, 0.6) is 5.75 Å². The number of ether oxygens (including phenoxy) is 2. The molecule has 3 rings (SSSR count). The summed E-state index contributed by atoms with van der Waals surface area (Å²) in [5.74, 6) is -1.08. The van der Waals surface area contributed by atoms with Crippen LogP contribution in [0, 0.1) is 11.8 Å². The summed E-state index contributed by atoms with van der Waals surface area (Å²) < 4.78 is 11.0. The lowest BCUT2D eigenvalue weighted by atomic mass is 9.96. The van der Waals surface area contributed by atoms with Gasteiger partial charge in [0.05, 0.1) is 29.6 Å². The minimum Gasteiger partial charge on any atom is -0.547 e. The van der Waals surface area contributed by atoms with Gasteiger partial charge in [-0.1, -0.05) is 105 Å². The van der Waals surface area contributed by atoms with Crippen molar-refractivity contribution in [3.05, 3.63) is 113 Å². The molecule has 3 aromatic carbocycles. The summed E-state index contributed by atoms with van der Waals surface area (Å²) in [5.41, 5.74) is 2.82. The second kappa shape index (κ2) is 22.2. The highest BCUT2D eigenvalue weighted by Crippen LogP contribution is 2.29. The first-order valence-corrected chi connectivity index (χ1v) is 18.4. The Morgan fingerprint density at radius 3 is 2.18 bits per heavy atom. The Bertz CT molecular complexity index is 1540. The predicted molar refractivity (Wildman–Crippen MR) is 202 cm³/mol. The number of amides is 2. The third-order valence-corrected chi connectivity index (χ3v) is 9.29. The number of carboxylic acid groups (broad SMARTS) is 1. The molecule has 8 nitrogen and oxygen atoms in total. The van der Waals surface area contributed by atoms with Crippen molar-refractivity contribution in [2.24, 2.45) is 11.8 Å². The lowest BCUT2D eigenvalue weighted by Gasteiger charge is -2.25. The molecule has 276 valence electrons. The SMILES string of the molecule is COc1ccc(CC(NC(=O)/C=C/CCC(C)CC(Cl)c2ccccc2)C(=O)NC(CCOC(CC(C)C)C(=O)[O-])Cc2ccccc2)cc1Cl. The lowest BCUT2D eigenvalue weighted by Crippen LogP contribution is -2.51. The minimum atomic E-state index is -1.26. The van der Waals surface area contributed by atoms with Gasteiger partial charge in [0.15, 0.2) is 0 Å². The van der Waals surface area contributed by atoms with Crippen LogP contribution in [-0.2, 0) is 32.0 Å². The molecule has 0 fully saturated rings. The van der Waals surface area contributed by atoms with Crippen molar-refractivity contribution in [1.82, 2.24) is 10.6 Å². The van der Waals surface area contributed by atoms with Gasteiger partial charge in [-0.15, -0.1) is 11.6 Å². The molecule has 5 atom stereocenters. The summed E-state index contributed by atoms with van der Waals surface area (Å²) in [5, 5.41) is 18.0. The Balaban J connectivity index is 1.69. The summed E-state index contributed by atoms with van der Waals surface area (Å²) in [7, 11) is 1.52. The number of hydrogen-bond acceptors (Lipinski definition) is 6. The number of benzene rings is 3. The van der Waals surface area contributed by atoms with Gasteiger partial charge >= 0.3 is 0 Å². The first-order chi connectivity index (χ1) is 24.4. The van der Waals surface area contributed by atoms with Crippen molar-refractivity contribution in [3.63, 3.8) is 0 Å². The largest absolute Gasteiger partial charge is 0.547 e. The third-order valence-electron chi connectivity index (χ3n) is 8.56. The van der Waals surface area contributed by atoms with Crippen molar-refractivity contribution in [2.45, 2.75) is 89.3 Å². The number of rotatable bonds is 22. The molecule has 2 N–H and O–H groups in total. The second-order valence-corrected chi connectivity index (χ2v) is 14.4. The number of carboxylic acids is 1. The van der Waals surface area contributed by atoms with Crippen LogP contribution in [0.2, 0.25) is 5.02 Å². The van der Waals surface area contributed by atoms with Gasteiger partial charge in [0.25, 0.3) is 0 Å². The quantitative estimate of drug-likeness (QED) is 0.0846. The van der Waals surface area contributed by atoms with E-state index < -0.39 is 30.1 Å². The van der Waals surface area contributed by atoms with E-state index >= 15 is 0 Å². The number of aliphatic carboxylic acids is 1. The van der Waals surface area contributed by atoms with Crippen LogP contribution in [0.3, 0.4) is 0 Å². The van der Waals surface area contributed by atoms with Crippen LogP contribution in [0.1, 0.15) is 74.9 Å². The Morgan fingerprint density at radius 1 is 0.863 bits per heavy atom. The van der Waals surface area contributed by atoms with E-state index in [1.165, 1.54) is 13.2 Å². The third kappa shape index (κ3) is 15.5. The fourth-order valence-corrected chi connectivity index (χ4v) is 6.51. The maximum absolute atomic E-state index is 13.9. The Morgan fingerprint density at radius 2 is 1.55 bits per heavy atom. The Labute approximate surface area is 312 Å². The summed E-state index contributed by atoms with van der Waals surface area (Å²) in [6.45, 7) is 6.08. The molecular weight excluding hydrogens is 687 g/mol. The summed E-state index contributed by atoms with van der Waals surface area (Å²) in [6, 6.07) is 23.6. The highest BCUT2D eigenvalue weighted by molar-refractivity contribution is 6.32. The van der Waals surface area contributed by atoms with Crippen molar-refractivity contribution in [1.29, 1.82) is 0 Å². The van der Waals surface area contributed by atoms with Gasteiger partial charge in [0.2, 0.25) is 11.8 Å². The molecule has 10 heteroatoms. The van der Waals surface area contributed by atoms with Crippen molar-refractivity contribution in [2.75, 3.05) is 13.7 Å². The van der Waals surface area contributed by atoms with E-state index in [0.29, 0.717) is 42.4 Å². The molecule has 2 amide bonds. The van der Waals surface area contributed by atoms with E-state index in [2.05, 4.69) is 17.6 Å². The summed E-state index contributed by atoms with van der Waals surface area (Å²) in [6.07, 6.45) is 5.93. The molecule has 0 radical (unpaired) electrons. The lowest BCUT2D eigenvalue weighted by molar-refractivity contribution is -0.317. The zero-order chi connectivity index (χ0) is 37.2. The summed E-state index contributed by atoms with van der Waals surface area (Å²) >= 11 is 13.0. The van der Waals surface area contributed by atoms with Gasteiger partial charge in [-0.3, -0.25) is 9.59 Å². The van der Waals surface area contributed by atoms with Gasteiger partial charge in [0, 0.05) is 19.1 Å². The first kappa shape index (κ1) is 41.6. The summed E-state index contributed by atoms with van der Waals surface area (Å²) in [4.78, 5) is 38.7. The Hall–Kier alpha value is -3.85. The molecule has 51 heavy (non-hydrogen) atoms. The fourth-order valence-electron chi connectivity index (χ4n) is 5.78. The number of halogens is 2. The minimum absolute atomic E-state index is 0.0767. The Kier molecular flexibility index (Phi) is 18.1. The predicted octanol–water partition coefficient (Wildman–Crippen LogP) is 7.02. The van der Waals surface area contributed by atoms with Crippen LogP contribution in [0.25, 0.3) is 0 Å². The first-order valence-electron chi connectivity index (χ1n) is 17.6. The number of alkyl halides is 1. The maximum atomic E-state index is 13.9. The second-order valence-electron chi connectivity index (χ2n) is 13.4. The van der Waals surface area contributed by atoms with Crippen molar-refractivity contribution < 1.29 is 29.0 Å². The van der Waals surface area contributed by atoms with Gasteiger partial charge in [-0.05, 0) is 85.3 Å². The smallest absolute Gasteiger partial charge is 0.244 e. The molecule has 5 unspecified atom stereocenters. The monoisotopic (exact) mass is 737 g/mol. The average Bonchev–Trinajstić information content (AvgIpc) is 3.10. The molecular formula is C41H51Cl2N2O6-. The molecule has 0 bridgehead atoms. The van der Waals surface area contributed by atoms with E-state index in [9.17, 15) is 19.5 Å². The highest BCUT2D eigenvalue weighted by Gasteiger charge is 2.25. The van der Waals surface area contributed by atoms with Crippen LogP contribution < -0.4 is 20.5 Å². The van der Waals surface area contributed by atoms with E-state index in [0.717, 1.165) is 29.5 Å². The van der Waals surface area contributed by atoms with E-state index in [4.69, 9.17) is 32.7 Å². The van der Waals surface area contributed by atoms with Gasteiger partial charge in [0.1, 0.15) is 11.8 Å². The molecule has 3 aromatic rings. The zero-order valence-corrected chi connectivity index (χ0v) is 31.5. The van der Waals surface area contributed by atoms with Crippen molar-refractivity contribution >= 4 is 41.0 Å². The molecule has 0 heterocycles. The molecule has 0 aliphatic heterocycles. The topological polar surface area (TPSA) is 117 Å². The zero-order valence-electron chi connectivity index (χ0n) is 30.0.